The Bertz CT molecular complexity index is 510. The zero-order valence-electron chi connectivity index (χ0n) is 10.1. The van der Waals surface area contributed by atoms with Gasteiger partial charge in [-0.05, 0) is 18.2 Å². The summed E-state index contributed by atoms with van der Waals surface area (Å²) in [6.07, 6.45) is 0. The van der Waals surface area contributed by atoms with Gasteiger partial charge in [-0.15, -0.1) is 0 Å². The minimum Gasteiger partial charge on any atom is -0.375 e. The molecule has 0 radical (unpaired) electrons. The van der Waals surface area contributed by atoms with Crippen LogP contribution in [0.4, 0.5) is 10.1 Å². The largest absolute Gasteiger partial charge is 0.375 e. The van der Waals surface area contributed by atoms with Crippen molar-refractivity contribution in [3.05, 3.63) is 29.0 Å². The Morgan fingerprint density at radius 2 is 2.32 bits per heavy atom. The number of halogens is 2. The van der Waals surface area contributed by atoms with Crippen LogP contribution in [0.2, 0.25) is 5.02 Å². The standard InChI is InChI=1S/C12H13ClFN3O2/c13-9-5-8(14)1-2-10(9)16-6-12(19)17-4-3-15-11(18)7-17/h1-2,5,16H,3-4,6-7H2,(H,15,18). The molecule has 1 aromatic carbocycles. The van der Waals surface area contributed by atoms with E-state index in [9.17, 15) is 14.0 Å². The van der Waals surface area contributed by atoms with Gasteiger partial charge in [0.1, 0.15) is 5.82 Å². The number of nitrogens with zero attached hydrogens (tertiary/aromatic N) is 1. The number of nitrogens with one attached hydrogen (secondary N) is 2. The quantitative estimate of drug-likeness (QED) is 0.865. The number of hydrogen-bond acceptors (Lipinski definition) is 3. The molecule has 1 fully saturated rings. The van der Waals surface area contributed by atoms with Crippen molar-refractivity contribution in [3.63, 3.8) is 0 Å². The van der Waals surface area contributed by atoms with Gasteiger partial charge >= 0.3 is 0 Å². The Hall–Kier alpha value is -1.82. The number of carbonyl (C=O) groups is 2. The van der Waals surface area contributed by atoms with Crippen molar-refractivity contribution in [3.8, 4) is 0 Å². The van der Waals surface area contributed by atoms with E-state index in [0.717, 1.165) is 0 Å². The molecule has 0 saturated carbocycles. The molecular formula is C12H13ClFN3O2. The molecular weight excluding hydrogens is 273 g/mol. The lowest BCUT2D eigenvalue weighted by Gasteiger charge is -2.26. The predicted molar refractivity (Wildman–Crippen MR) is 69.5 cm³/mol. The third-order valence-electron chi connectivity index (χ3n) is 2.75. The summed E-state index contributed by atoms with van der Waals surface area (Å²) in [5, 5.41) is 5.68. The lowest BCUT2D eigenvalue weighted by atomic mass is 10.3. The van der Waals surface area contributed by atoms with E-state index in [1.54, 1.807) is 0 Å². The Balaban J connectivity index is 1.91. The number of piperazine rings is 1. The second kappa shape index (κ2) is 5.88. The summed E-state index contributed by atoms with van der Waals surface area (Å²) in [7, 11) is 0. The molecule has 5 nitrogen and oxygen atoms in total. The van der Waals surface area contributed by atoms with E-state index in [-0.39, 0.29) is 29.9 Å². The number of carbonyl (C=O) groups excluding carboxylic acids is 2. The van der Waals surface area contributed by atoms with Gasteiger partial charge in [-0.3, -0.25) is 9.59 Å². The van der Waals surface area contributed by atoms with Crippen LogP contribution in [0.25, 0.3) is 0 Å². The summed E-state index contributed by atoms with van der Waals surface area (Å²) in [4.78, 5) is 24.5. The van der Waals surface area contributed by atoms with Gasteiger partial charge in [0.05, 0.1) is 23.8 Å². The molecule has 1 heterocycles. The molecule has 7 heteroatoms. The van der Waals surface area contributed by atoms with E-state index in [0.29, 0.717) is 18.8 Å². The first kappa shape index (κ1) is 13.6. The molecule has 2 rings (SSSR count). The van der Waals surface area contributed by atoms with Crippen LogP contribution in [-0.2, 0) is 9.59 Å². The van der Waals surface area contributed by atoms with Gasteiger partial charge in [-0.2, -0.15) is 0 Å². The first-order chi connectivity index (χ1) is 9.06. The average molecular weight is 286 g/mol. The van der Waals surface area contributed by atoms with Crippen molar-refractivity contribution < 1.29 is 14.0 Å². The molecule has 1 aliphatic rings. The van der Waals surface area contributed by atoms with Gasteiger partial charge in [-0.25, -0.2) is 4.39 Å². The number of amides is 2. The van der Waals surface area contributed by atoms with Crippen molar-refractivity contribution >= 4 is 29.1 Å². The number of anilines is 1. The van der Waals surface area contributed by atoms with Crippen LogP contribution in [0.15, 0.2) is 18.2 Å². The minimum absolute atomic E-state index is 0.0125. The average Bonchev–Trinajstić information content (AvgIpc) is 2.37. The van der Waals surface area contributed by atoms with E-state index < -0.39 is 5.82 Å². The summed E-state index contributed by atoms with van der Waals surface area (Å²) in [6, 6.07) is 3.89. The maximum Gasteiger partial charge on any atom is 0.242 e. The van der Waals surface area contributed by atoms with Crippen molar-refractivity contribution in [1.29, 1.82) is 0 Å². The molecule has 2 amide bonds. The Labute approximate surface area is 114 Å². The van der Waals surface area contributed by atoms with Crippen LogP contribution in [-0.4, -0.2) is 42.9 Å². The van der Waals surface area contributed by atoms with E-state index in [2.05, 4.69) is 10.6 Å². The summed E-state index contributed by atoms with van der Waals surface area (Å²) < 4.78 is 12.8. The molecule has 102 valence electrons. The zero-order valence-corrected chi connectivity index (χ0v) is 10.8. The molecule has 2 N–H and O–H groups in total. The highest BCUT2D eigenvalue weighted by Crippen LogP contribution is 2.22. The molecule has 1 aromatic rings. The van der Waals surface area contributed by atoms with E-state index in [1.165, 1.54) is 23.1 Å². The molecule has 0 aliphatic carbocycles. The lowest BCUT2D eigenvalue weighted by Crippen LogP contribution is -2.51. The number of hydrogen-bond donors (Lipinski definition) is 2. The molecule has 19 heavy (non-hydrogen) atoms. The van der Waals surface area contributed by atoms with Gasteiger partial charge in [0, 0.05) is 13.1 Å². The maximum atomic E-state index is 12.8. The van der Waals surface area contributed by atoms with Crippen molar-refractivity contribution in [2.24, 2.45) is 0 Å². The second-order valence-electron chi connectivity index (χ2n) is 4.14. The van der Waals surface area contributed by atoms with Crippen LogP contribution in [0, 0.1) is 5.82 Å². The van der Waals surface area contributed by atoms with E-state index in [4.69, 9.17) is 11.6 Å². The summed E-state index contributed by atoms with van der Waals surface area (Å²) >= 11 is 5.83. The third kappa shape index (κ3) is 3.57. The number of rotatable bonds is 3. The normalized spacial score (nSPS) is 15.1. The monoisotopic (exact) mass is 285 g/mol. The molecule has 0 atom stereocenters. The third-order valence-corrected chi connectivity index (χ3v) is 3.06. The van der Waals surface area contributed by atoms with E-state index >= 15 is 0 Å². The molecule has 0 bridgehead atoms. The molecule has 0 spiro atoms. The highest BCUT2D eigenvalue weighted by molar-refractivity contribution is 6.33. The summed E-state index contributed by atoms with van der Waals surface area (Å²) in [6.45, 7) is 1.03. The van der Waals surface area contributed by atoms with Gasteiger partial charge in [0.15, 0.2) is 0 Å². The van der Waals surface area contributed by atoms with Crippen LogP contribution in [0.3, 0.4) is 0 Å². The first-order valence-electron chi connectivity index (χ1n) is 5.79. The Morgan fingerprint density at radius 1 is 1.53 bits per heavy atom. The van der Waals surface area contributed by atoms with Crippen molar-refractivity contribution in [1.82, 2.24) is 10.2 Å². The maximum absolute atomic E-state index is 12.8. The Morgan fingerprint density at radius 3 is 3.00 bits per heavy atom. The van der Waals surface area contributed by atoms with Crippen LogP contribution >= 0.6 is 11.6 Å². The SMILES string of the molecule is O=C1CN(C(=O)CNc2ccc(F)cc2Cl)CCN1. The topological polar surface area (TPSA) is 61.4 Å². The van der Waals surface area contributed by atoms with Crippen LogP contribution in [0.5, 0.6) is 0 Å². The van der Waals surface area contributed by atoms with Gasteiger partial charge in [0.25, 0.3) is 0 Å². The molecule has 1 aliphatic heterocycles. The highest BCUT2D eigenvalue weighted by Gasteiger charge is 2.20. The zero-order chi connectivity index (χ0) is 13.8. The Kier molecular flexibility index (Phi) is 4.21. The van der Waals surface area contributed by atoms with Crippen LogP contribution < -0.4 is 10.6 Å². The van der Waals surface area contributed by atoms with Gasteiger partial charge < -0.3 is 15.5 Å². The lowest BCUT2D eigenvalue weighted by molar-refractivity contribution is -0.136. The predicted octanol–water partition coefficient (Wildman–Crippen LogP) is 0.849. The second-order valence-corrected chi connectivity index (χ2v) is 4.55. The highest BCUT2D eigenvalue weighted by atomic mass is 35.5. The van der Waals surface area contributed by atoms with E-state index in [1.807, 2.05) is 0 Å². The van der Waals surface area contributed by atoms with Gasteiger partial charge in [-0.1, -0.05) is 11.6 Å². The first-order valence-corrected chi connectivity index (χ1v) is 6.17. The van der Waals surface area contributed by atoms with Gasteiger partial charge in [0.2, 0.25) is 11.8 Å². The van der Waals surface area contributed by atoms with Crippen LogP contribution in [0.1, 0.15) is 0 Å². The van der Waals surface area contributed by atoms with Crippen molar-refractivity contribution in [2.45, 2.75) is 0 Å². The fraction of sp³-hybridized carbons (Fsp3) is 0.333. The molecule has 0 unspecified atom stereocenters. The minimum atomic E-state index is -0.436. The summed E-state index contributed by atoms with van der Waals surface area (Å²) in [5.74, 6) is -0.802. The number of benzene rings is 1. The fourth-order valence-corrected chi connectivity index (χ4v) is 2.00. The molecule has 1 saturated heterocycles. The molecule has 0 aromatic heterocycles. The fourth-order valence-electron chi connectivity index (χ4n) is 1.77. The smallest absolute Gasteiger partial charge is 0.242 e. The summed E-state index contributed by atoms with van der Waals surface area (Å²) in [5.41, 5.74) is 0.484. The van der Waals surface area contributed by atoms with Crippen molar-refractivity contribution in [2.75, 3.05) is 31.5 Å².